The molecule has 0 radical (unpaired) electrons. The molecule has 20 heavy (non-hydrogen) atoms. The van der Waals surface area contributed by atoms with E-state index in [0.29, 0.717) is 17.5 Å². The van der Waals surface area contributed by atoms with Crippen LogP contribution < -0.4 is 0 Å². The van der Waals surface area contributed by atoms with Gasteiger partial charge in [-0.3, -0.25) is 9.59 Å². The average molecular weight is 333 g/mol. The molecule has 0 aliphatic heterocycles. The molecular weight excluding hydrogens is 316 g/mol. The zero-order chi connectivity index (χ0) is 14.7. The molecule has 104 valence electrons. The minimum atomic E-state index is -0.0155. The Labute approximate surface area is 127 Å². The van der Waals surface area contributed by atoms with Gasteiger partial charge in [-0.05, 0) is 30.9 Å². The van der Waals surface area contributed by atoms with Crippen molar-refractivity contribution in [2.24, 2.45) is 0 Å². The summed E-state index contributed by atoms with van der Waals surface area (Å²) in [5.74, 6) is 0.0938. The Balaban J connectivity index is 2.68. The second kappa shape index (κ2) is 6.31. The van der Waals surface area contributed by atoms with Crippen LogP contribution in [0.2, 0.25) is 0 Å². The normalized spacial score (nSPS) is 10.8. The van der Waals surface area contributed by atoms with Gasteiger partial charge in [-0.25, -0.2) is 0 Å². The molecule has 0 fully saturated rings. The number of unbranched alkanes of at least 4 members (excludes halogenated alkanes) is 1. The number of hydrogen-bond acceptors (Lipinski definition) is 2. The SMILES string of the molecule is CCCCC(=O)c1cccc2c(Br)ccc(C(C)=O)c12. The number of benzene rings is 2. The van der Waals surface area contributed by atoms with E-state index in [9.17, 15) is 9.59 Å². The standard InChI is InChI=1S/C17H17BrO2/c1-3-4-8-16(20)14-7-5-6-13-15(18)10-9-12(11(2)19)17(13)14/h5-7,9-10H,3-4,8H2,1-2H3. The van der Waals surface area contributed by atoms with E-state index in [4.69, 9.17) is 0 Å². The van der Waals surface area contributed by atoms with Crippen LogP contribution in [0.25, 0.3) is 10.8 Å². The Morgan fingerprint density at radius 2 is 1.85 bits per heavy atom. The molecule has 0 aliphatic carbocycles. The second-order valence-electron chi connectivity index (χ2n) is 4.91. The van der Waals surface area contributed by atoms with Crippen molar-refractivity contribution in [2.45, 2.75) is 33.1 Å². The number of hydrogen-bond donors (Lipinski definition) is 0. The fraction of sp³-hybridized carbons (Fsp3) is 0.294. The summed E-state index contributed by atoms with van der Waals surface area (Å²) in [5.41, 5.74) is 1.27. The summed E-state index contributed by atoms with van der Waals surface area (Å²) in [6.45, 7) is 3.60. The predicted molar refractivity (Wildman–Crippen MR) is 85.5 cm³/mol. The van der Waals surface area contributed by atoms with E-state index in [-0.39, 0.29) is 11.6 Å². The first-order chi connectivity index (χ1) is 9.56. The average Bonchev–Trinajstić information content (AvgIpc) is 2.44. The highest BCUT2D eigenvalue weighted by Gasteiger charge is 2.16. The van der Waals surface area contributed by atoms with Gasteiger partial charge in [-0.1, -0.05) is 47.5 Å². The van der Waals surface area contributed by atoms with Crippen LogP contribution in [-0.4, -0.2) is 11.6 Å². The van der Waals surface area contributed by atoms with Gasteiger partial charge in [0.25, 0.3) is 0 Å². The van der Waals surface area contributed by atoms with Gasteiger partial charge in [0.15, 0.2) is 11.6 Å². The molecule has 0 bridgehead atoms. The minimum absolute atomic E-state index is 0.0155. The third-order valence-corrected chi connectivity index (χ3v) is 4.12. The number of ketones is 2. The minimum Gasteiger partial charge on any atom is -0.294 e. The molecule has 0 amide bonds. The van der Waals surface area contributed by atoms with E-state index < -0.39 is 0 Å². The van der Waals surface area contributed by atoms with Crippen molar-refractivity contribution in [3.63, 3.8) is 0 Å². The molecule has 0 aromatic heterocycles. The zero-order valence-electron chi connectivity index (χ0n) is 11.7. The molecule has 0 aliphatic rings. The second-order valence-corrected chi connectivity index (χ2v) is 5.76. The summed E-state index contributed by atoms with van der Waals surface area (Å²) in [6, 6.07) is 9.27. The van der Waals surface area contributed by atoms with Gasteiger partial charge in [0.2, 0.25) is 0 Å². The Hall–Kier alpha value is -1.48. The highest BCUT2D eigenvalue weighted by Crippen LogP contribution is 2.31. The maximum Gasteiger partial charge on any atom is 0.163 e. The van der Waals surface area contributed by atoms with Gasteiger partial charge in [0.1, 0.15) is 0 Å². The Kier molecular flexibility index (Phi) is 4.71. The molecule has 0 spiro atoms. The molecule has 0 unspecified atom stereocenters. The van der Waals surface area contributed by atoms with E-state index in [1.807, 2.05) is 24.3 Å². The number of fused-ring (bicyclic) bond motifs is 1. The lowest BCUT2D eigenvalue weighted by atomic mass is 9.93. The molecule has 0 N–H and O–H groups in total. The van der Waals surface area contributed by atoms with Crippen LogP contribution in [0.5, 0.6) is 0 Å². The van der Waals surface area contributed by atoms with Gasteiger partial charge in [0.05, 0.1) is 0 Å². The van der Waals surface area contributed by atoms with Gasteiger partial charge < -0.3 is 0 Å². The van der Waals surface area contributed by atoms with E-state index >= 15 is 0 Å². The quantitative estimate of drug-likeness (QED) is 0.707. The van der Waals surface area contributed by atoms with Crippen LogP contribution >= 0.6 is 15.9 Å². The number of halogens is 1. The van der Waals surface area contributed by atoms with E-state index in [1.54, 1.807) is 6.07 Å². The first-order valence-corrected chi connectivity index (χ1v) is 7.61. The maximum absolute atomic E-state index is 12.4. The van der Waals surface area contributed by atoms with Gasteiger partial charge in [-0.2, -0.15) is 0 Å². The summed E-state index contributed by atoms with van der Waals surface area (Å²) < 4.78 is 0.905. The maximum atomic E-state index is 12.4. The lowest BCUT2D eigenvalue weighted by Crippen LogP contribution is -2.04. The first-order valence-electron chi connectivity index (χ1n) is 6.81. The number of carbonyl (C=O) groups is 2. The van der Waals surface area contributed by atoms with Crippen LogP contribution in [0, 0.1) is 0 Å². The topological polar surface area (TPSA) is 34.1 Å². The summed E-state index contributed by atoms with van der Waals surface area (Å²) in [6.07, 6.45) is 2.39. The van der Waals surface area contributed by atoms with Gasteiger partial charge in [-0.15, -0.1) is 0 Å². The van der Waals surface area contributed by atoms with Gasteiger partial charge >= 0.3 is 0 Å². The molecule has 2 nitrogen and oxygen atoms in total. The van der Waals surface area contributed by atoms with Crippen LogP contribution in [-0.2, 0) is 0 Å². The van der Waals surface area contributed by atoms with E-state index in [1.165, 1.54) is 6.92 Å². The summed E-state index contributed by atoms with van der Waals surface area (Å²) in [5, 5.41) is 1.69. The van der Waals surface area contributed by atoms with Crippen LogP contribution in [0.4, 0.5) is 0 Å². The molecule has 0 atom stereocenters. The largest absolute Gasteiger partial charge is 0.294 e. The third-order valence-electron chi connectivity index (χ3n) is 3.42. The lowest BCUT2D eigenvalue weighted by Gasteiger charge is -2.10. The number of rotatable bonds is 5. The Bertz CT molecular complexity index is 674. The molecule has 0 heterocycles. The predicted octanol–water partition coefficient (Wildman–Crippen LogP) is 5.18. The summed E-state index contributed by atoms with van der Waals surface area (Å²) in [4.78, 5) is 24.2. The summed E-state index contributed by atoms with van der Waals surface area (Å²) in [7, 11) is 0. The van der Waals surface area contributed by atoms with Gasteiger partial charge in [0, 0.05) is 27.4 Å². The van der Waals surface area contributed by atoms with Crippen molar-refractivity contribution >= 4 is 38.3 Å². The Morgan fingerprint density at radius 1 is 1.10 bits per heavy atom. The van der Waals surface area contributed by atoms with Crippen LogP contribution in [0.3, 0.4) is 0 Å². The fourth-order valence-corrected chi connectivity index (χ4v) is 2.83. The molecule has 0 saturated carbocycles. The highest BCUT2D eigenvalue weighted by molar-refractivity contribution is 9.10. The van der Waals surface area contributed by atoms with E-state index in [2.05, 4.69) is 22.9 Å². The Morgan fingerprint density at radius 3 is 2.50 bits per heavy atom. The zero-order valence-corrected chi connectivity index (χ0v) is 13.3. The van der Waals surface area contributed by atoms with E-state index in [0.717, 1.165) is 28.1 Å². The molecule has 3 heteroatoms. The molecular formula is C17H17BrO2. The van der Waals surface area contributed by atoms with Crippen molar-refractivity contribution in [3.05, 3.63) is 45.9 Å². The third kappa shape index (κ3) is 2.83. The van der Waals surface area contributed by atoms with Crippen LogP contribution in [0.1, 0.15) is 53.8 Å². The monoisotopic (exact) mass is 332 g/mol. The first kappa shape index (κ1) is 14.9. The van der Waals surface area contributed by atoms with Crippen molar-refractivity contribution < 1.29 is 9.59 Å². The fourth-order valence-electron chi connectivity index (χ4n) is 2.37. The van der Waals surface area contributed by atoms with Crippen molar-refractivity contribution in [1.29, 1.82) is 0 Å². The number of Topliss-reactive ketones (excluding diaryl/α,β-unsaturated/α-hetero) is 2. The van der Waals surface area contributed by atoms with Crippen molar-refractivity contribution in [1.82, 2.24) is 0 Å². The molecule has 2 aromatic rings. The van der Waals surface area contributed by atoms with Crippen LogP contribution in [0.15, 0.2) is 34.8 Å². The molecule has 2 rings (SSSR count). The summed E-state index contributed by atoms with van der Waals surface area (Å²) >= 11 is 3.49. The molecule has 0 saturated heterocycles. The smallest absolute Gasteiger partial charge is 0.163 e. The highest BCUT2D eigenvalue weighted by atomic mass is 79.9. The molecule has 2 aromatic carbocycles. The lowest BCUT2D eigenvalue weighted by molar-refractivity contribution is 0.0981. The van der Waals surface area contributed by atoms with Crippen molar-refractivity contribution in [2.75, 3.05) is 0 Å². The van der Waals surface area contributed by atoms with Crippen molar-refractivity contribution in [3.8, 4) is 0 Å². The number of carbonyl (C=O) groups excluding carboxylic acids is 2.